The van der Waals surface area contributed by atoms with Gasteiger partial charge in [-0.25, -0.2) is 15.4 Å². The lowest BCUT2D eigenvalue weighted by atomic mass is 10.2. The van der Waals surface area contributed by atoms with Gasteiger partial charge in [0.25, 0.3) is 0 Å². The molecule has 9 nitrogen and oxygen atoms in total. The number of anilines is 2. The van der Waals surface area contributed by atoms with Gasteiger partial charge in [0.15, 0.2) is 5.82 Å². The van der Waals surface area contributed by atoms with Crippen molar-refractivity contribution in [3.63, 3.8) is 0 Å². The Morgan fingerprint density at radius 2 is 1.68 bits per heavy atom. The van der Waals surface area contributed by atoms with E-state index in [4.69, 9.17) is 26.3 Å². The Hall–Kier alpha value is -4.05. The van der Waals surface area contributed by atoms with E-state index in [9.17, 15) is 0 Å². The molecule has 0 radical (unpaired) electrons. The van der Waals surface area contributed by atoms with E-state index in [-0.39, 0.29) is 0 Å². The molecule has 0 unspecified atom stereocenters. The van der Waals surface area contributed by atoms with Gasteiger partial charge in [0.05, 0.1) is 36.0 Å². The minimum Gasteiger partial charge on any atom is -0.379 e. The average molecular weight is 555 g/mol. The molecule has 40 heavy (non-hydrogen) atoms. The zero-order chi connectivity index (χ0) is 27.1. The Morgan fingerprint density at radius 1 is 0.900 bits per heavy atom. The number of fused-ring (bicyclic) bond motifs is 2. The van der Waals surface area contributed by atoms with E-state index in [1.54, 1.807) is 6.21 Å². The molecular weight excluding hydrogens is 524 g/mol. The van der Waals surface area contributed by atoms with Crippen molar-refractivity contribution in [2.45, 2.75) is 13.0 Å². The Morgan fingerprint density at radius 3 is 2.52 bits per heavy atom. The molecule has 0 aliphatic carbocycles. The summed E-state index contributed by atoms with van der Waals surface area (Å²) in [6.07, 6.45) is 2.73. The van der Waals surface area contributed by atoms with Crippen molar-refractivity contribution >= 4 is 51.5 Å². The number of hydrazone groups is 1. The summed E-state index contributed by atoms with van der Waals surface area (Å²) >= 11 is 6.09. The van der Waals surface area contributed by atoms with E-state index < -0.39 is 0 Å². The molecule has 0 saturated carbocycles. The molecule has 3 aromatic carbocycles. The van der Waals surface area contributed by atoms with Gasteiger partial charge < -0.3 is 14.6 Å². The maximum absolute atomic E-state index is 6.09. The monoisotopic (exact) mass is 554 g/mol. The average Bonchev–Trinajstić information content (AvgIpc) is 3.34. The number of nitrogens with zero attached hydrogens (tertiary/aromatic N) is 6. The third-order valence-corrected chi connectivity index (χ3v) is 7.19. The van der Waals surface area contributed by atoms with E-state index in [2.05, 4.69) is 36.4 Å². The highest BCUT2D eigenvalue weighted by molar-refractivity contribution is 6.30. The van der Waals surface area contributed by atoms with Crippen LogP contribution in [0.1, 0.15) is 17.8 Å². The SMILES string of the molecule is Clc1ccc(Cn2c(/C=N/Nc3nc(NCCCN4CCOCC4)c4ccccc4n3)nc3ccccc32)cc1. The Labute approximate surface area is 237 Å². The van der Waals surface area contributed by atoms with Crippen LogP contribution in [0.5, 0.6) is 0 Å². The predicted molar refractivity (Wildman–Crippen MR) is 161 cm³/mol. The van der Waals surface area contributed by atoms with Crippen molar-refractivity contribution in [1.82, 2.24) is 24.4 Å². The molecule has 0 spiro atoms. The number of morpholine rings is 1. The van der Waals surface area contributed by atoms with Crippen molar-refractivity contribution in [3.8, 4) is 0 Å². The fourth-order valence-corrected chi connectivity index (χ4v) is 5.00. The number of hydrogen-bond acceptors (Lipinski definition) is 8. The highest BCUT2D eigenvalue weighted by Gasteiger charge is 2.12. The second-order valence-corrected chi connectivity index (χ2v) is 10.1. The maximum Gasteiger partial charge on any atom is 0.246 e. The van der Waals surface area contributed by atoms with Gasteiger partial charge in [-0.15, -0.1) is 0 Å². The van der Waals surface area contributed by atoms with Crippen molar-refractivity contribution in [2.24, 2.45) is 5.10 Å². The van der Waals surface area contributed by atoms with Gasteiger partial charge in [0.2, 0.25) is 5.95 Å². The number of aromatic nitrogens is 4. The first-order chi connectivity index (χ1) is 19.7. The Bertz CT molecular complexity index is 1610. The molecule has 1 saturated heterocycles. The van der Waals surface area contributed by atoms with Crippen LogP contribution in [0.2, 0.25) is 5.02 Å². The van der Waals surface area contributed by atoms with Gasteiger partial charge in [-0.3, -0.25) is 4.90 Å². The fourth-order valence-electron chi connectivity index (χ4n) is 4.87. The van der Waals surface area contributed by atoms with Gasteiger partial charge in [0, 0.05) is 36.6 Å². The first-order valence-corrected chi connectivity index (χ1v) is 13.9. The number of rotatable bonds is 10. The number of hydrogen-bond donors (Lipinski definition) is 2. The van der Waals surface area contributed by atoms with Crippen molar-refractivity contribution < 1.29 is 4.74 Å². The Kier molecular flexibility index (Phi) is 8.13. The molecule has 2 aromatic heterocycles. The van der Waals surface area contributed by atoms with Crippen LogP contribution in [-0.4, -0.2) is 70.0 Å². The van der Waals surface area contributed by atoms with E-state index >= 15 is 0 Å². The standard InChI is InChI=1S/C30H31ClN8O/c31-23-12-10-22(11-13-23)21-39-27-9-4-3-8-26(27)34-28(39)20-33-37-30-35-25-7-2-1-6-24(25)29(36-30)32-14-5-15-38-16-18-40-19-17-38/h1-4,6-13,20H,5,14-19,21H2,(H2,32,35,36,37)/b33-20+. The molecule has 204 valence electrons. The number of para-hydroxylation sites is 3. The third kappa shape index (κ3) is 6.22. The topological polar surface area (TPSA) is 92.5 Å². The molecule has 0 amide bonds. The lowest BCUT2D eigenvalue weighted by Crippen LogP contribution is -2.37. The van der Waals surface area contributed by atoms with Crippen LogP contribution in [0, 0.1) is 0 Å². The van der Waals surface area contributed by atoms with E-state index in [1.165, 1.54) is 0 Å². The number of benzene rings is 3. The molecule has 2 N–H and O–H groups in total. The lowest BCUT2D eigenvalue weighted by molar-refractivity contribution is 0.0378. The molecule has 0 bridgehead atoms. The van der Waals surface area contributed by atoms with Crippen LogP contribution in [0.25, 0.3) is 21.9 Å². The number of ether oxygens (including phenoxy) is 1. The summed E-state index contributed by atoms with van der Waals surface area (Å²) in [7, 11) is 0. The second-order valence-electron chi connectivity index (χ2n) is 9.69. The lowest BCUT2D eigenvalue weighted by Gasteiger charge is -2.26. The Balaban J connectivity index is 1.19. The zero-order valence-corrected chi connectivity index (χ0v) is 22.9. The summed E-state index contributed by atoms with van der Waals surface area (Å²) in [6, 6.07) is 23.9. The highest BCUT2D eigenvalue weighted by atomic mass is 35.5. The third-order valence-electron chi connectivity index (χ3n) is 6.93. The summed E-state index contributed by atoms with van der Waals surface area (Å²) in [6.45, 7) is 6.12. The zero-order valence-electron chi connectivity index (χ0n) is 22.1. The van der Waals surface area contributed by atoms with E-state index in [0.717, 1.165) is 85.0 Å². The first-order valence-electron chi connectivity index (χ1n) is 13.5. The van der Waals surface area contributed by atoms with E-state index in [1.807, 2.05) is 66.7 Å². The summed E-state index contributed by atoms with van der Waals surface area (Å²) in [5, 5.41) is 9.68. The molecule has 1 aliphatic heterocycles. The van der Waals surface area contributed by atoms with Crippen LogP contribution >= 0.6 is 11.6 Å². The van der Waals surface area contributed by atoms with Crippen LogP contribution < -0.4 is 10.7 Å². The molecule has 6 rings (SSSR count). The van der Waals surface area contributed by atoms with Gasteiger partial charge in [-0.1, -0.05) is 48.0 Å². The molecule has 1 aliphatic rings. The molecule has 1 fully saturated rings. The largest absolute Gasteiger partial charge is 0.379 e. The van der Waals surface area contributed by atoms with Gasteiger partial charge in [0.1, 0.15) is 5.82 Å². The maximum atomic E-state index is 6.09. The molecule has 5 aromatic rings. The van der Waals surface area contributed by atoms with Gasteiger partial charge in [-0.05, 0) is 54.9 Å². The second kappa shape index (κ2) is 12.4. The smallest absolute Gasteiger partial charge is 0.246 e. The van der Waals surface area contributed by atoms with Gasteiger partial charge >= 0.3 is 0 Å². The predicted octanol–water partition coefficient (Wildman–Crippen LogP) is 5.26. The number of nitrogens with one attached hydrogen (secondary N) is 2. The minimum atomic E-state index is 0.422. The van der Waals surface area contributed by atoms with Crippen LogP contribution in [0.4, 0.5) is 11.8 Å². The molecule has 0 atom stereocenters. The number of halogens is 1. The van der Waals surface area contributed by atoms with E-state index in [0.29, 0.717) is 17.5 Å². The van der Waals surface area contributed by atoms with Crippen LogP contribution in [0.15, 0.2) is 77.9 Å². The highest BCUT2D eigenvalue weighted by Crippen LogP contribution is 2.22. The van der Waals surface area contributed by atoms with Crippen molar-refractivity contribution in [1.29, 1.82) is 0 Å². The quantitative estimate of drug-likeness (QED) is 0.138. The van der Waals surface area contributed by atoms with Crippen molar-refractivity contribution in [2.75, 3.05) is 50.1 Å². The summed E-state index contributed by atoms with van der Waals surface area (Å²) in [5.41, 5.74) is 6.93. The summed E-state index contributed by atoms with van der Waals surface area (Å²) < 4.78 is 7.58. The first kappa shape index (κ1) is 26.2. The summed E-state index contributed by atoms with van der Waals surface area (Å²) in [5.74, 6) is 1.94. The van der Waals surface area contributed by atoms with Crippen molar-refractivity contribution in [3.05, 3.63) is 89.2 Å². The number of imidazole rings is 1. The van der Waals surface area contributed by atoms with Crippen LogP contribution in [0.3, 0.4) is 0 Å². The van der Waals surface area contributed by atoms with Crippen LogP contribution in [-0.2, 0) is 11.3 Å². The molecule has 3 heterocycles. The molecular formula is C30H31ClN8O. The summed E-state index contributed by atoms with van der Waals surface area (Å²) in [4.78, 5) is 16.6. The fraction of sp³-hybridized carbons (Fsp3) is 0.267. The molecule has 10 heteroatoms. The minimum absolute atomic E-state index is 0.422. The van der Waals surface area contributed by atoms with Gasteiger partial charge in [-0.2, -0.15) is 10.1 Å². The normalized spacial score (nSPS) is 14.3.